The first-order valence-corrected chi connectivity index (χ1v) is 6.50. The Bertz CT molecular complexity index is 483. The lowest BCUT2D eigenvalue weighted by Crippen LogP contribution is -2.29. The molecule has 1 rings (SSSR count). The van der Waals surface area contributed by atoms with Gasteiger partial charge in [-0.1, -0.05) is 25.0 Å². The van der Waals surface area contributed by atoms with Gasteiger partial charge in [-0.25, -0.2) is 4.39 Å². The summed E-state index contributed by atoms with van der Waals surface area (Å²) in [6.45, 7) is 3.24. The molecule has 20 heavy (non-hydrogen) atoms. The average molecular weight is 278 g/mol. The molecule has 4 nitrogen and oxygen atoms in total. The number of terminal acetylenes is 1. The normalized spacial score (nSPS) is 9.85. The predicted octanol–water partition coefficient (Wildman–Crippen LogP) is 1.45. The summed E-state index contributed by atoms with van der Waals surface area (Å²) in [5.41, 5.74) is 0.684. The molecule has 0 bridgehead atoms. The van der Waals surface area contributed by atoms with E-state index in [0.29, 0.717) is 12.1 Å². The van der Waals surface area contributed by atoms with E-state index < -0.39 is 5.82 Å². The second-order valence-electron chi connectivity index (χ2n) is 4.17. The molecule has 0 fully saturated rings. The fourth-order valence-corrected chi connectivity index (χ4v) is 1.59. The number of hydrogen-bond acceptors (Lipinski definition) is 3. The van der Waals surface area contributed by atoms with Crippen LogP contribution in [0.3, 0.4) is 0 Å². The molecule has 2 N–H and O–H groups in total. The summed E-state index contributed by atoms with van der Waals surface area (Å²) in [6.07, 6.45) is 6.01. The monoisotopic (exact) mass is 278 g/mol. The molecule has 0 saturated heterocycles. The van der Waals surface area contributed by atoms with Crippen molar-refractivity contribution in [2.24, 2.45) is 0 Å². The maximum absolute atomic E-state index is 13.7. The average Bonchev–Trinajstić information content (AvgIpc) is 2.44. The molecule has 0 aliphatic heterocycles. The van der Waals surface area contributed by atoms with Crippen LogP contribution in [0, 0.1) is 18.2 Å². The third-order valence-corrected chi connectivity index (χ3v) is 2.53. The molecular weight excluding hydrogens is 259 g/mol. The van der Waals surface area contributed by atoms with Gasteiger partial charge in [0.1, 0.15) is 0 Å². The van der Waals surface area contributed by atoms with Crippen molar-refractivity contribution < 1.29 is 13.9 Å². The smallest absolute Gasteiger partial charge is 0.258 e. The summed E-state index contributed by atoms with van der Waals surface area (Å²) in [4.78, 5) is 11.4. The van der Waals surface area contributed by atoms with Gasteiger partial charge < -0.3 is 15.4 Å². The number of benzene rings is 1. The summed E-state index contributed by atoms with van der Waals surface area (Å²) in [7, 11) is 0. The third kappa shape index (κ3) is 5.29. The number of nitrogens with one attached hydrogen (secondary N) is 2. The van der Waals surface area contributed by atoms with E-state index in [9.17, 15) is 9.18 Å². The molecule has 0 radical (unpaired) electrons. The zero-order valence-electron chi connectivity index (χ0n) is 11.5. The molecule has 0 aliphatic rings. The first-order chi connectivity index (χ1) is 9.69. The molecule has 0 atom stereocenters. The van der Waals surface area contributed by atoms with Gasteiger partial charge in [-0.05, 0) is 19.0 Å². The zero-order valence-corrected chi connectivity index (χ0v) is 11.5. The van der Waals surface area contributed by atoms with Gasteiger partial charge in [0, 0.05) is 12.1 Å². The largest absolute Gasteiger partial charge is 0.480 e. The second-order valence-corrected chi connectivity index (χ2v) is 4.17. The minimum atomic E-state index is -0.481. The lowest BCUT2D eigenvalue weighted by Gasteiger charge is -2.12. The summed E-state index contributed by atoms with van der Waals surface area (Å²) < 4.78 is 19.0. The van der Waals surface area contributed by atoms with Crippen LogP contribution in [-0.4, -0.2) is 25.6 Å². The fourth-order valence-electron chi connectivity index (χ4n) is 1.59. The Morgan fingerprint density at radius 2 is 2.30 bits per heavy atom. The Labute approximate surface area is 118 Å². The van der Waals surface area contributed by atoms with E-state index in [1.807, 2.05) is 6.92 Å². The van der Waals surface area contributed by atoms with E-state index >= 15 is 0 Å². The number of carbonyl (C=O) groups excluding carboxylic acids is 1. The summed E-state index contributed by atoms with van der Waals surface area (Å²) >= 11 is 0. The van der Waals surface area contributed by atoms with Crippen LogP contribution in [-0.2, 0) is 11.3 Å². The molecule has 0 saturated carbocycles. The van der Waals surface area contributed by atoms with Gasteiger partial charge in [0.25, 0.3) is 5.91 Å². The van der Waals surface area contributed by atoms with E-state index in [0.717, 1.165) is 13.0 Å². The maximum atomic E-state index is 13.7. The van der Waals surface area contributed by atoms with Gasteiger partial charge in [-0.2, -0.15) is 0 Å². The molecule has 0 aromatic heterocycles. The lowest BCUT2D eigenvalue weighted by molar-refractivity contribution is -0.122. The third-order valence-electron chi connectivity index (χ3n) is 2.53. The van der Waals surface area contributed by atoms with Crippen molar-refractivity contribution >= 4 is 5.91 Å². The highest BCUT2D eigenvalue weighted by Gasteiger charge is 2.11. The van der Waals surface area contributed by atoms with Crippen LogP contribution in [0.15, 0.2) is 18.2 Å². The second kappa shape index (κ2) is 8.94. The standard InChI is InChI=1S/C15H19FN2O2/c1-3-8-17-10-12-6-5-7-13(16)15(12)20-11-14(19)18-9-4-2/h2,5-7,17H,3,8-11H2,1H3,(H,18,19). The number of carbonyl (C=O) groups is 1. The number of amides is 1. The van der Waals surface area contributed by atoms with Crippen LogP contribution >= 0.6 is 0 Å². The maximum Gasteiger partial charge on any atom is 0.258 e. The summed E-state index contributed by atoms with van der Waals surface area (Å²) in [6, 6.07) is 4.68. The van der Waals surface area contributed by atoms with Crippen molar-refractivity contribution in [3.05, 3.63) is 29.6 Å². The highest BCUT2D eigenvalue weighted by molar-refractivity contribution is 5.77. The van der Waals surface area contributed by atoms with Crippen molar-refractivity contribution in [3.8, 4) is 18.1 Å². The summed E-state index contributed by atoms with van der Waals surface area (Å²) in [5.74, 6) is 1.53. The van der Waals surface area contributed by atoms with Gasteiger partial charge in [0.2, 0.25) is 0 Å². The lowest BCUT2D eigenvalue weighted by atomic mass is 10.2. The SMILES string of the molecule is C#CCNC(=O)COc1c(F)cccc1CNCCC. The Balaban J connectivity index is 2.63. The van der Waals surface area contributed by atoms with Crippen molar-refractivity contribution in [1.29, 1.82) is 0 Å². The Morgan fingerprint density at radius 3 is 3.00 bits per heavy atom. The van der Waals surface area contributed by atoms with Gasteiger partial charge in [-0.15, -0.1) is 6.42 Å². The van der Waals surface area contributed by atoms with Crippen molar-refractivity contribution in [2.45, 2.75) is 19.9 Å². The Hall–Kier alpha value is -2.06. The predicted molar refractivity (Wildman–Crippen MR) is 75.7 cm³/mol. The minimum Gasteiger partial charge on any atom is -0.480 e. The molecule has 5 heteroatoms. The first-order valence-electron chi connectivity index (χ1n) is 6.50. The highest BCUT2D eigenvalue weighted by Crippen LogP contribution is 2.22. The molecule has 0 spiro atoms. The van der Waals surface area contributed by atoms with Gasteiger partial charge in [0.05, 0.1) is 6.54 Å². The topological polar surface area (TPSA) is 50.4 Å². The molecular formula is C15H19FN2O2. The first kappa shape index (κ1) is 16.0. The highest BCUT2D eigenvalue weighted by atomic mass is 19.1. The van der Waals surface area contributed by atoms with E-state index in [-0.39, 0.29) is 24.8 Å². The van der Waals surface area contributed by atoms with Crippen molar-refractivity contribution in [2.75, 3.05) is 19.7 Å². The van der Waals surface area contributed by atoms with Crippen LogP contribution in [0.5, 0.6) is 5.75 Å². The van der Waals surface area contributed by atoms with Crippen LogP contribution in [0.2, 0.25) is 0 Å². The number of halogens is 1. The zero-order chi connectivity index (χ0) is 14.8. The Kier molecular flexibility index (Phi) is 7.15. The number of para-hydroxylation sites is 1. The molecule has 108 valence electrons. The summed E-state index contributed by atoms with van der Waals surface area (Å²) in [5, 5.41) is 5.62. The van der Waals surface area contributed by atoms with E-state index in [2.05, 4.69) is 16.6 Å². The van der Waals surface area contributed by atoms with Crippen LogP contribution in [0.25, 0.3) is 0 Å². The van der Waals surface area contributed by atoms with E-state index in [1.54, 1.807) is 12.1 Å². The Morgan fingerprint density at radius 1 is 1.50 bits per heavy atom. The van der Waals surface area contributed by atoms with Crippen molar-refractivity contribution in [3.63, 3.8) is 0 Å². The fraction of sp³-hybridized carbons (Fsp3) is 0.400. The molecule has 1 aromatic rings. The molecule has 0 heterocycles. The number of ether oxygens (including phenoxy) is 1. The molecule has 0 unspecified atom stereocenters. The van der Waals surface area contributed by atoms with Gasteiger partial charge in [-0.3, -0.25) is 4.79 Å². The van der Waals surface area contributed by atoms with E-state index in [4.69, 9.17) is 11.2 Å². The van der Waals surface area contributed by atoms with Crippen LogP contribution in [0.4, 0.5) is 4.39 Å². The van der Waals surface area contributed by atoms with Crippen LogP contribution in [0.1, 0.15) is 18.9 Å². The number of rotatable bonds is 8. The minimum absolute atomic E-state index is 0.104. The molecule has 1 amide bonds. The van der Waals surface area contributed by atoms with Crippen molar-refractivity contribution in [1.82, 2.24) is 10.6 Å². The molecule has 1 aromatic carbocycles. The number of hydrogen-bond donors (Lipinski definition) is 2. The van der Waals surface area contributed by atoms with Gasteiger partial charge >= 0.3 is 0 Å². The van der Waals surface area contributed by atoms with Crippen LogP contribution < -0.4 is 15.4 Å². The molecule has 0 aliphatic carbocycles. The van der Waals surface area contributed by atoms with E-state index in [1.165, 1.54) is 6.07 Å². The van der Waals surface area contributed by atoms with Gasteiger partial charge in [0.15, 0.2) is 18.2 Å². The quantitative estimate of drug-likeness (QED) is 0.559.